The van der Waals surface area contributed by atoms with Crippen LogP contribution in [0.3, 0.4) is 0 Å². The third-order valence-corrected chi connectivity index (χ3v) is 3.43. The lowest BCUT2D eigenvalue weighted by Crippen LogP contribution is -2.50. The molecule has 1 aromatic rings. The van der Waals surface area contributed by atoms with Crippen molar-refractivity contribution in [3.8, 4) is 0 Å². The highest BCUT2D eigenvalue weighted by molar-refractivity contribution is 6.30. The van der Waals surface area contributed by atoms with Gasteiger partial charge in [-0.3, -0.25) is 10.2 Å². The molecule has 1 aromatic carbocycles. The first-order chi connectivity index (χ1) is 9.36. The average Bonchev–Trinajstić information content (AvgIpc) is 2.74. The molecular weight excluding hydrogens is 293 g/mol. The summed E-state index contributed by atoms with van der Waals surface area (Å²) in [7, 11) is 0. The van der Waals surface area contributed by atoms with E-state index < -0.39 is 12.2 Å². The summed E-state index contributed by atoms with van der Waals surface area (Å²) >= 11 is 5.81. The van der Waals surface area contributed by atoms with Crippen LogP contribution in [0.1, 0.15) is 18.4 Å². The number of hydrazine groups is 1. The zero-order valence-electron chi connectivity index (χ0n) is 10.6. The largest absolute Gasteiger partial charge is 0.405 e. The Hall–Kier alpha value is -1.27. The van der Waals surface area contributed by atoms with E-state index in [0.29, 0.717) is 5.02 Å². The van der Waals surface area contributed by atoms with E-state index in [1.54, 1.807) is 24.3 Å². The Bertz CT molecular complexity index is 493. The first-order valence-electron chi connectivity index (χ1n) is 6.23. The maximum atomic E-state index is 13.1. The lowest BCUT2D eigenvalue weighted by atomic mass is 10.0. The number of hydrogen-bond acceptors (Lipinski definition) is 2. The second-order valence-electron chi connectivity index (χ2n) is 4.70. The van der Waals surface area contributed by atoms with E-state index in [1.807, 2.05) is 0 Å². The predicted molar refractivity (Wildman–Crippen MR) is 69.1 cm³/mol. The molecule has 0 aliphatic carbocycles. The highest BCUT2D eigenvalue weighted by atomic mass is 35.5. The topological polar surface area (TPSA) is 32.3 Å². The van der Waals surface area contributed by atoms with Crippen molar-refractivity contribution in [1.29, 1.82) is 0 Å². The molecule has 0 radical (unpaired) electrons. The van der Waals surface area contributed by atoms with Crippen LogP contribution in [0.15, 0.2) is 24.3 Å². The summed E-state index contributed by atoms with van der Waals surface area (Å²) in [6.07, 6.45) is -4.15. The number of rotatable bonds is 4. The third-order valence-electron chi connectivity index (χ3n) is 3.20. The van der Waals surface area contributed by atoms with Crippen LogP contribution in [0.4, 0.5) is 13.2 Å². The number of aryl methyl sites for hydroxylation is 1. The Balaban J connectivity index is 2.03. The number of amides is 1. The van der Waals surface area contributed by atoms with Crippen molar-refractivity contribution < 1.29 is 18.0 Å². The van der Waals surface area contributed by atoms with Crippen molar-refractivity contribution in [2.75, 3.05) is 6.54 Å². The van der Waals surface area contributed by atoms with Crippen LogP contribution in [0.5, 0.6) is 0 Å². The third kappa shape index (κ3) is 3.86. The standard InChI is InChI=1S/C13H14ClF3N2O/c14-10-3-1-2-9(8-10)4-5-11(13(15,16)17)19-7-6-12(20)18-19/h1-3,8,11H,4-7H2,(H,18,20). The Labute approximate surface area is 119 Å². The van der Waals surface area contributed by atoms with Crippen molar-refractivity contribution in [1.82, 2.24) is 10.4 Å². The molecule has 1 N–H and O–H groups in total. The van der Waals surface area contributed by atoms with Crippen LogP contribution in [0.25, 0.3) is 0 Å². The number of halogens is 4. The van der Waals surface area contributed by atoms with Gasteiger partial charge in [-0.25, -0.2) is 5.01 Å². The Morgan fingerprint density at radius 3 is 2.70 bits per heavy atom. The highest BCUT2D eigenvalue weighted by Crippen LogP contribution is 2.29. The van der Waals surface area contributed by atoms with Gasteiger partial charge < -0.3 is 0 Å². The van der Waals surface area contributed by atoms with E-state index in [1.165, 1.54) is 0 Å². The van der Waals surface area contributed by atoms with Gasteiger partial charge in [0.15, 0.2) is 0 Å². The molecule has 0 saturated carbocycles. The van der Waals surface area contributed by atoms with Gasteiger partial charge >= 0.3 is 6.18 Å². The van der Waals surface area contributed by atoms with Crippen LogP contribution in [0, 0.1) is 0 Å². The number of nitrogens with zero attached hydrogens (tertiary/aromatic N) is 1. The summed E-state index contributed by atoms with van der Waals surface area (Å²) in [6, 6.07) is 5.09. The van der Waals surface area contributed by atoms with Crippen molar-refractivity contribution in [2.24, 2.45) is 0 Å². The maximum Gasteiger partial charge on any atom is 0.405 e. The molecule has 0 aromatic heterocycles. The van der Waals surface area contributed by atoms with Gasteiger partial charge in [0.25, 0.3) is 0 Å². The zero-order chi connectivity index (χ0) is 14.8. The van der Waals surface area contributed by atoms with Gasteiger partial charge in [0, 0.05) is 18.0 Å². The molecule has 1 aliphatic heterocycles. The lowest BCUT2D eigenvalue weighted by Gasteiger charge is -2.28. The van der Waals surface area contributed by atoms with Crippen molar-refractivity contribution >= 4 is 17.5 Å². The molecule has 1 heterocycles. The molecule has 3 nitrogen and oxygen atoms in total. The van der Waals surface area contributed by atoms with E-state index >= 15 is 0 Å². The molecule has 1 unspecified atom stereocenters. The van der Waals surface area contributed by atoms with E-state index in [9.17, 15) is 18.0 Å². The molecule has 1 saturated heterocycles. The number of alkyl halides is 3. The highest BCUT2D eigenvalue weighted by Gasteiger charge is 2.45. The SMILES string of the molecule is O=C1CCN(C(CCc2cccc(Cl)c2)C(F)(F)F)N1. The average molecular weight is 307 g/mol. The summed E-state index contributed by atoms with van der Waals surface area (Å²) in [5, 5.41) is 1.48. The summed E-state index contributed by atoms with van der Waals surface area (Å²) in [5.41, 5.74) is 3.00. The fraction of sp³-hybridized carbons (Fsp3) is 0.462. The van der Waals surface area contributed by atoms with Gasteiger partial charge in [-0.1, -0.05) is 23.7 Å². The minimum Gasteiger partial charge on any atom is -0.288 e. The smallest absolute Gasteiger partial charge is 0.288 e. The molecule has 7 heteroatoms. The van der Waals surface area contributed by atoms with Crippen LogP contribution in [-0.4, -0.2) is 29.7 Å². The van der Waals surface area contributed by atoms with Gasteiger partial charge in [-0.15, -0.1) is 0 Å². The van der Waals surface area contributed by atoms with E-state index in [2.05, 4.69) is 5.43 Å². The van der Waals surface area contributed by atoms with Crippen LogP contribution in [0.2, 0.25) is 5.02 Å². The first-order valence-corrected chi connectivity index (χ1v) is 6.61. The van der Waals surface area contributed by atoms with E-state index in [0.717, 1.165) is 10.6 Å². The van der Waals surface area contributed by atoms with Gasteiger partial charge in [0.05, 0.1) is 0 Å². The van der Waals surface area contributed by atoms with Crippen molar-refractivity contribution in [3.05, 3.63) is 34.9 Å². The fourth-order valence-electron chi connectivity index (χ4n) is 2.22. The summed E-state index contributed by atoms with van der Waals surface area (Å²) in [5.74, 6) is -0.373. The molecule has 20 heavy (non-hydrogen) atoms. The van der Waals surface area contributed by atoms with E-state index in [-0.39, 0.29) is 31.7 Å². The van der Waals surface area contributed by atoms with Gasteiger partial charge in [-0.2, -0.15) is 13.2 Å². The Morgan fingerprint density at radius 2 is 2.15 bits per heavy atom. The quantitative estimate of drug-likeness (QED) is 0.927. The number of carbonyl (C=O) groups excluding carboxylic acids is 1. The Morgan fingerprint density at radius 1 is 1.40 bits per heavy atom. The molecule has 1 aliphatic rings. The maximum absolute atomic E-state index is 13.1. The molecule has 1 atom stereocenters. The number of carbonyl (C=O) groups is 1. The van der Waals surface area contributed by atoms with E-state index in [4.69, 9.17) is 11.6 Å². The van der Waals surface area contributed by atoms with Crippen LogP contribution in [-0.2, 0) is 11.2 Å². The second kappa shape index (κ2) is 6.01. The molecule has 1 amide bonds. The van der Waals surface area contributed by atoms with Crippen LogP contribution >= 0.6 is 11.6 Å². The minimum atomic E-state index is -4.38. The summed E-state index contributed by atoms with van der Waals surface area (Å²) < 4.78 is 39.2. The fourth-order valence-corrected chi connectivity index (χ4v) is 2.43. The summed E-state index contributed by atoms with van der Waals surface area (Å²) in [4.78, 5) is 11.1. The molecule has 0 spiro atoms. The lowest BCUT2D eigenvalue weighted by molar-refractivity contribution is -0.189. The zero-order valence-corrected chi connectivity index (χ0v) is 11.3. The molecule has 110 valence electrons. The first kappa shape index (κ1) is 15.1. The van der Waals surface area contributed by atoms with Crippen LogP contribution < -0.4 is 5.43 Å². The van der Waals surface area contributed by atoms with Gasteiger partial charge in [0.2, 0.25) is 5.91 Å². The van der Waals surface area contributed by atoms with Crippen molar-refractivity contribution in [3.63, 3.8) is 0 Å². The Kier molecular flexibility index (Phi) is 4.55. The summed E-state index contributed by atoms with van der Waals surface area (Å²) in [6.45, 7) is 0.0819. The number of nitrogens with one attached hydrogen (secondary N) is 1. The van der Waals surface area contributed by atoms with Gasteiger partial charge in [-0.05, 0) is 30.5 Å². The van der Waals surface area contributed by atoms with Crippen molar-refractivity contribution in [2.45, 2.75) is 31.5 Å². The monoisotopic (exact) mass is 306 g/mol. The van der Waals surface area contributed by atoms with Gasteiger partial charge in [0.1, 0.15) is 6.04 Å². The predicted octanol–water partition coefficient (Wildman–Crippen LogP) is 2.94. The number of hydrogen-bond donors (Lipinski definition) is 1. The molecule has 2 rings (SSSR count). The number of benzene rings is 1. The molecule has 1 fully saturated rings. The second-order valence-corrected chi connectivity index (χ2v) is 5.14. The normalized spacial score (nSPS) is 18.1. The molecular formula is C13H14ClF3N2O. The minimum absolute atomic E-state index is 0.0819. The molecule has 0 bridgehead atoms.